The van der Waals surface area contributed by atoms with E-state index in [0.717, 1.165) is 19.4 Å². The molecule has 116 valence electrons. The molecule has 21 heavy (non-hydrogen) atoms. The van der Waals surface area contributed by atoms with Gasteiger partial charge in [0.05, 0.1) is 7.11 Å². The third-order valence-corrected chi connectivity index (χ3v) is 4.67. The van der Waals surface area contributed by atoms with E-state index < -0.39 is 0 Å². The van der Waals surface area contributed by atoms with Crippen molar-refractivity contribution >= 4 is 5.97 Å². The first-order valence-corrected chi connectivity index (χ1v) is 8.00. The zero-order valence-electron chi connectivity index (χ0n) is 13.5. The molecule has 1 aromatic carbocycles. The van der Waals surface area contributed by atoms with Crippen LogP contribution in [0.5, 0.6) is 0 Å². The topological polar surface area (TPSA) is 29.5 Å². The predicted molar refractivity (Wildman–Crippen MR) is 85.3 cm³/mol. The van der Waals surface area contributed by atoms with E-state index >= 15 is 0 Å². The number of benzene rings is 1. The Morgan fingerprint density at radius 2 is 2.14 bits per heavy atom. The predicted octanol–water partition coefficient (Wildman–Crippen LogP) is 3.78. The molecular formula is C18H27NO2. The highest BCUT2D eigenvalue weighted by Gasteiger charge is 2.26. The average molecular weight is 289 g/mol. The number of carbonyl (C=O) groups excluding carboxylic acids is 1. The van der Waals surface area contributed by atoms with Crippen molar-refractivity contribution in [1.82, 2.24) is 4.90 Å². The van der Waals surface area contributed by atoms with E-state index in [2.05, 4.69) is 41.7 Å². The summed E-state index contributed by atoms with van der Waals surface area (Å²) >= 11 is 0. The number of nitrogens with zero attached hydrogens (tertiary/aromatic N) is 1. The molecule has 1 atom stereocenters. The zero-order valence-corrected chi connectivity index (χ0v) is 13.5. The molecule has 0 bridgehead atoms. The monoisotopic (exact) mass is 289 g/mol. The molecule has 1 aromatic rings. The van der Waals surface area contributed by atoms with Gasteiger partial charge in [-0.25, -0.2) is 0 Å². The number of methoxy groups -OCH3 is 1. The first kappa shape index (κ1) is 16.0. The number of carbonyl (C=O) groups is 1. The van der Waals surface area contributed by atoms with Crippen molar-refractivity contribution in [2.45, 2.75) is 52.0 Å². The summed E-state index contributed by atoms with van der Waals surface area (Å²) in [5.41, 5.74) is 4.30. The quantitative estimate of drug-likeness (QED) is 0.589. The third-order valence-electron chi connectivity index (χ3n) is 4.67. The van der Waals surface area contributed by atoms with Crippen molar-refractivity contribution < 1.29 is 9.53 Å². The van der Waals surface area contributed by atoms with Gasteiger partial charge in [0, 0.05) is 12.5 Å². The van der Waals surface area contributed by atoms with Gasteiger partial charge in [0.2, 0.25) is 0 Å². The second-order valence-corrected chi connectivity index (χ2v) is 6.02. The van der Waals surface area contributed by atoms with Crippen LogP contribution < -0.4 is 0 Å². The van der Waals surface area contributed by atoms with Crippen molar-refractivity contribution in [2.24, 2.45) is 0 Å². The summed E-state index contributed by atoms with van der Waals surface area (Å²) < 4.78 is 4.69. The molecule has 0 aromatic heterocycles. The highest BCUT2D eigenvalue weighted by Crippen LogP contribution is 2.34. The second-order valence-electron chi connectivity index (χ2n) is 6.02. The Kier molecular flexibility index (Phi) is 5.80. The molecule has 1 aliphatic heterocycles. The van der Waals surface area contributed by atoms with Gasteiger partial charge < -0.3 is 4.74 Å². The van der Waals surface area contributed by atoms with Gasteiger partial charge in [-0.05, 0) is 69.3 Å². The standard InChI is InChI=1S/C18H27NO2/c1-14-8-6-9-16(15(14)2)17-10-7-13-19(17)12-5-4-11-18(20)21-3/h6,8-9,17H,4-5,7,10-13H2,1-3H3/t17-/m1/s1. The van der Waals surface area contributed by atoms with Gasteiger partial charge in [-0.1, -0.05) is 18.2 Å². The fraction of sp³-hybridized carbons (Fsp3) is 0.611. The molecule has 0 saturated carbocycles. The number of hydrogen-bond acceptors (Lipinski definition) is 3. The lowest BCUT2D eigenvalue weighted by Gasteiger charge is -2.26. The SMILES string of the molecule is COC(=O)CCCCN1CCC[C@@H]1c1cccc(C)c1C. The number of esters is 1. The molecule has 0 spiro atoms. The number of likely N-dealkylation sites (tertiary alicyclic amines) is 1. The highest BCUT2D eigenvalue weighted by atomic mass is 16.5. The number of unbranched alkanes of at least 4 members (excludes halogenated alkanes) is 1. The molecule has 0 amide bonds. The summed E-state index contributed by atoms with van der Waals surface area (Å²) in [4.78, 5) is 13.7. The minimum atomic E-state index is -0.0949. The largest absolute Gasteiger partial charge is 0.469 e. The zero-order chi connectivity index (χ0) is 15.2. The molecule has 1 heterocycles. The van der Waals surface area contributed by atoms with E-state index in [9.17, 15) is 4.79 Å². The van der Waals surface area contributed by atoms with Crippen LogP contribution in [0.25, 0.3) is 0 Å². The molecule has 0 unspecified atom stereocenters. The van der Waals surface area contributed by atoms with Crippen molar-refractivity contribution in [3.8, 4) is 0 Å². The first-order valence-electron chi connectivity index (χ1n) is 8.00. The molecule has 0 N–H and O–H groups in total. The minimum Gasteiger partial charge on any atom is -0.469 e. The molecule has 0 aliphatic carbocycles. The van der Waals surface area contributed by atoms with Gasteiger partial charge in [0.15, 0.2) is 0 Å². The van der Waals surface area contributed by atoms with Crippen molar-refractivity contribution in [3.63, 3.8) is 0 Å². The summed E-state index contributed by atoms with van der Waals surface area (Å²) in [6.07, 6.45) is 5.05. The first-order chi connectivity index (χ1) is 10.1. The lowest BCUT2D eigenvalue weighted by Crippen LogP contribution is -2.25. The van der Waals surface area contributed by atoms with E-state index in [0.29, 0.717) is 12.5 Å². The fourth-order valence-corrected chi connectivity index (χ4v) is 3.27. The maximum atomic E-state index is 11.1. The Balaban J connectivity index is 1.91. The van der Waals surface area contributed by atoms with E-state index in [1.165, 1.54) is 43.2 Å². The van der Waals surface area contributed by atoms with Crippen LogP contribution in [0, 0.1) is 13.8 Å². The van der Waals surface area contributed by atoms with Crippen LogP contribution in [0.3, 0.4) is 0 Å². The second kappa shape index (κ2) is 7.60. The van der Waals surface area contributed by atoms with Gasteiger partial charge in [-0.2, -0.15) is 0 Å². The minimum absolute atomic E-state index is 0.0949. The summed E-state index contributed by atoms with van der Waals surface area (Å²) in [7, 11) is 1.46. The van der Waals surface area contributed by atoms with Crippen LogP contribution in [0.15, 0.2) is 18.2 Å². The van der Waals surface area contributed by atoms with Gasteiger partial charge in [0.1, 0.15) is 0 Å². The molecule has 3 heteroatoms. The molecule has 1 aliphatic rings. The lowest BCUT2D eigenvalue weighted by molar-refractivity contribution is -0.140. The van der Waals surface area contributed by atoms with Crippen LogP contribution in [0.4, 0.5) is 0 Å². The average Bonchev–Trinajstić information content (AvgIpc) is 2.94. The van der Waals surface area contributed by atoms with Crippen LogP contribution in [-0.4, -0.2) is 31.1 Å². The Morgan fingerprint density at radius 3 is 2.90 bits per heavy atom. The van der Waals surface area contributed by atoms with Crippen molar-refractivity contribution in [2.75, 3.05) is 20.2 Å². The van der Waals surface area contributed by atoms with Crippen LogP contribution in [0.2, 0.25) is 0 Å². The Morgan fingerprint density at radius 1 is 1.33 bits per heavy atom. The third kappa shape index (κ3) is 4.07. The summed E-state index contributed by atoms with van der Waals surface area (Å²) in [5, 5.41) is 0. The van der Waals surface area contributed by atoms with Crippen molar-refractivity contribution in [1.29, 1.82) is 0 Å². The van der Waals surface area contributed by atoms with Crippen LogP contribution in [0.1, 0.15) is 54.8 Å². The molecule has 0 radical (unpaired) electrons. The lowest BCUT2D eigenvalue weighted by atomic mass is 9.96. The molecule has 1 saturated heterocycles. The Hall–Kier alpha value is -1.35. The number of aryl methyl sites for hydroxylation is 1. The van der Waals surface area contributed by atoms with Crippen molar-refractivity contribution in [3.05, 3.63) is 34.9 Å². The van der Waals surface area contributed by atoms with Gasteiger partial charge in [-0.3, -0.25) is 9.69 Å². The highest BCUT2D eigenvalue weighted by molar-refractivity contribution is 5.68. The number of hydrogen-bond donors (Lipinski definition) is 0. The van der Waals surface area contributed by atoms with Gasteiger partial charge in [0.25, 0.3) is 0 Å². The van der Waals surface area contributed by atoms with Gasteiger partial charge in [-0.15, -0.1) is 0 Å². The fourth-order valence-electron chi connectivity index (χ4n) is 3.27. The number of ether oxygens (including phenoxy) is 1. The van der Waals surface area contributed by atoms with E-state index in [1.807, 2.05) is 0 Å². The van der Waals surface area contributed by atoms with Crippen LogP contribution >= 0.6 is 0 Å². The summed E-state index contributed by atoms with van der Waals surface area (Å²) in [5.74, 6) is -0.0949. The van der Waals surface area contributed by atoms with Crippen LogP contribution in [-0.2, 0) is 9.53 Å². The summed E-state index contributed by atoms with van der Waals surface area (Å²) in [6, 6.07) is 7.20. The molecule has 1 fully saturated rings. The molecular weight excluding hydrogens is 262 g/mol. The summed E-state index contributed by atoms with van der Waals surface area (Å²) in [6.45, 7) is 6.68. The van der Waals surface area contributed by atoms with E-state index in [-0.39, 0.29) is 5.97 Å². The molecule has 2 rings (SSSR count). The smallest absolute Gasteiger partial charge is 0.305 e. The van der Waals surface area contributed by atoms with E-state index in [1.54, 1.807) is 0 Å². The maximum absolute atomic E-state index is 11.1. The molecule has 3 nitrogen and oxygen atoms in total. The normalized spacial score (nSPS) is 18.9. The maximum Gasteiger partial charge on any atom is 0.305 e. The van der Waals surface area contributed by atoms with E-state index in [4.69, 9.17) is 0 Å². The number of rotatable bonds is 6. The Bertz CT molecular complexity index is 484. The van der Waals surface area contributed by atoms with Gasteiger partial charge >= 0.3 is 5.97 Å². The Labute approximate surface area is 128 Å².